The Kier molecular flexibility index (Phi) is 3.73. The molecule has 104 valence electrons. The van der Waals surface area contributed by atoms with Gasteiger partial charge in [0.05, 0.1) is 12.7 Å². The molecule has 0 radical (unpaired) electrons. The van der Waals surface area contributed by atoms with Crippen LogP contribution in [0.25, 0.3) is 0 Å². The van der Waals surface area contributed by atoms with Crippen LogP contribution in [0, 0.1) is 0 Å². The number of anilines is 1. The van der Waals surface area contributed by atoms with Gasteiger partial charge in [0.25, 0.3) is 0 Å². The van der Waals surface area contributed by atoms with Gasteiger partial charge in [0.2, 0.25) is 0 Å². The van der Waals surface area contributed by atoms with Gasteiger partial charge in [-0.3, -0.25) is 4.90 Å². The maximum absolute atomic E-state index is 5.88. The first-order chi connectivity index (χ1) is 9.20. The summed E-state index contributed by atoms with van der Waals surface area (Å²) in [7, 11) is 2.17. The quantitative estimate of drug-likeness (QED) is 0.805. The SMILES string of the molecule is CN1CCOC(CN2CCc3ccc(N)cc3C2)C1. The van der Waals surface area contributed by atoms with E-state index < -0.39 is 0 Å². The summed E-state index contributed by atoms with van der Waals surface area (Å²) < 4.78 is 5.85. The normalized spacial score (nSPS) is 25.2. The number of benzene rings is 1. The summed E-state index contributed by atoms with van der Waals surface area (Å²) in [5.41, 5.74) is 9.59. The fourth-order valence-corrected chi connectivity index (χ4v) is 3.06. The van der Waals surface area contributed by atoms with Crippen LogP contribution in [0.3, 0.4) is 0 Å². The smallest absolute Gasteiger partial charge is 0.0829 e. The molecule has 0 amide bonds. The lowest BCUT2D eigenvalue weighted by molar-refractivity contribution is -0.0373. The first-order valence-corrected chi connectivity index (χ1v) is 7.10. The van der Waals surface area contributed by atoms with E-state index in [1.54, 1.807) is 0 Å². The number of hydrogen-bond acceptors (Lipinski definition) is 4. The van der Waals surface area contributed by atoms with Gasteiger partial charge < -0.3 is 15.4 Å². The third-order valence-corrected chi connectivity index (χ3v) is 4.13. The highest BCUT2D eigenvalue weighted by Crippen LogP contribution is 2.22. The number of morpholine rings is 1. The lowest BCUT2D eigenvalue weighted by atomic mass is 9.99. The molecule has 4 heteroatoms. The van der Waals surface area contributed by atoms with Crippen molar-refractivity contribution in [2.24, 2.45) is 0 Å². The molecule has 0 aromatic heterocycles. The van der Waals surface area contributed by atoms with Gasteiger partial charge in [-0.05, 0) is 36.7 Å². The molecule has 2 heterocycles. The Morgan fingerprint density at radius 1 is 1.32 bits per heavy atom. The van der Waals surface area contributed by atoms with Gasteiger partial charge in [-0.2, -0.15) is 0 Å². The fourth-order valence-electron chi connectivity index (χ4n) is 3.06. The molecule has 1 fully saturated rings. The highest BCUT2D eigenvalue weighted by Gasteiger charge is 2.23. The van der Waals surface area contributed by atoms with Gasteiger partial charge >= 0.3 is 0 Å². The summed E-state index contributed by atoms with van der Waals surface area (Å²) in [6.07, 6.45) is 1.47. The van der Waals surface area contributed by atoms with Crippen molar-refractivity contribution in [1.29, 1.82) is 0 Å². The summed E-state index contributed by atoms with van der Waals surface area (Å²) in [4.78, 5) is 4.84. The molecule has 2 N–H and O–H groups in total. The van der Waals surface area contributed by atoms with Crippen LogP contribution < -0.4 is 5.73 Å². The molecule has 3 rings (SSSR count). The topological polar surface area (TPSA) is 41.7 Å². The first-order valence-electron chi connectivity index (χ1n) is 7.10. The monoisotopic (exact) mass is 261 g/mol. The van der Waals surface area contributed by atoms with Crippen molar-refractivity contribution in [3.05, 3.63) is 29.3 Å². The van der Waals surface area contributed by atoms with E-state index in [4.69, 9.17) is 10.5 Å². The van der Waals surface area contributed by atoms with E-state index in [0.29, 0.717) is 6.10 Å². The average Bonchev–Trinajstić information content (AvgIpc) is 2.38. The Morgan fingerprint density at radius 2 is 2.21 bits per heavy atom. The van der Waals surface area contributed by atoms with Gasteiger partial charge in [0.15, 0.2) is 0 Å². The number of likely N-dealkylation sites (N-methyl/N-ethyl adjacent to an activating group) is 1. The minimum atomic E-state index is 0.348. The van der Waals surface area contributed by atoms with Crippen molar-refractivity contribution in [2.75, 3.05) is 45.6 Å². The molecule has 0 saturated carbocycles. The molecule has 4 nitrogen and oxygen atoms in total. The number of fused-ring (bicyclic) bond motifs is 1. The zero-order valence-electron chi connectivity index (χ0n) is 11.6. The van der Waals surface area contributed by atoms with Crippen molar-refractivity contribution in [2.45, 2.75) is 19.1 Å². The number of rotatable bonds is 2. The molecular weight excluding hydrogens is 238 g/mol. The summed E-state index contributed by atoms with van der Waals surface area (Å²) >= 11 is 0. The zero-order chi connectivity index (χ0) is 13.2. The molecular formula is C15H23N3O. The molecule has 0 aliphatic carbocycles. The second kappa shape index (κ2) is 5.49. The molecule has 0 spiro atoms. The van der Waals surface area contributed by atoms with Crippen molar-refractivity contribution < 1.29 is 4.74 Å². The van der Waals surface area contributed by atoms with E-state index in [2.05, 4.69) is 29.0 Å². The van der Waals surface area contributed by atoms with Crippen molar-refractivity contribution in [3.63, 3.8) is 0 Å². The van der Waals surface area contributed by atoms with E-state index >= 15 is 0 Å². The number of ether oxygens (including phenoxy) is 1. The number of nitrogens with zero attached hydrogens (tertiary/aromatic N) is 2. The van der Waals surface area contributed by atoms with Crippen LogP contribution in [-0.2, 0) is 17.7 Å². The summed E-state index contributed by atoms with van der Waals surface area (Å²) in [5, 5.41) is 0. The Morgan fingerprint density at radius 3 is 3.05 bits per heavy atom. The van der Waals surface area contributed by atoms with E-state index in [9.17, 15) is 0 Å². The highest BCUT2D eigenvalue weighted by molar-refractivity contribution is 5.45. The highest BCUT2D eigenvalue weighted by atomic mass is 16.5. The lowest BCUT2D eigenvalue weighted by Crippen LogP contribution is -2.47. The zero-order valence-corrected chi connectivity index (χ0v) is 11.6. The van der Waals surface area contributed by atoms with E-state index in [-0.39, 0.29) is 0 Å². The average molecular weight is 261 g/mol. The number of hydrogen-bond donors (Lipinski definition) is 1. The third kappa shape index (κ3) is 3.08. The molecule has 0 bridgehead atoms. The molecule has 2 aliphatic heterocycles. The van der Waals surface area contributed by atoms with Gasteiger partial charge in [-0.1, -0.05) is 6.07 Å². The van der Waals surface area contributed by atoms with Crippen LogP contribution in [0.15, 0.2) is 18.2 Å². The second-order valence-electron chi connectivity index (χ2n) is 5.77. The standard InChI is InChI=1S/C15H23N3O/c1-17-6-7-19-15(10-17)11-18-5-4-12-2-3-14(16)8-13(12)9-18/h2-3,8,15H,4-7,9-11,16H2,1H3. The fraction of sp³-hybridized carbons (Fsp3) is 0.600. The summed E-state index contributed by atoms with van der Waals surface area (Å²) in [6, 6.07) is 6.30. The maximum Gasteiger partial charge on any atom is 0.0829 e. The summed E-state index contributed by atoms with van der Waals surface area (Å²) in [6.45, 7) is 6.11. The molecule has 1 atom stereocenters. The minimum absolute atomic E-state index is 0.348. The van der Waals surface area contributed by atoms with E-state index in [0.717, 1.165) is 51.4 Å². The third-order valence-electron chi connectivity index (χ3n) is 4.13. The van der Waals surface area contributed by atoms with Gasteiger partial charge in [0.1, 0.15) is 0 Å². The van der Waals surface area contributed by atoms with Crippen LogP contribution >= 0.6 is 0 Å². The largest absolute Gasteiger partial charge is 0.399 e. The predicted molar refractivity (Wildman–Crippen MR) is 77.1 cm³/mol. The Bertz CT molecular complexity index is 449. The molecule has 19 heavy (non-hydrogen) atoms. The van der Waals surface area contributed by atoms with Crippen molar-refractivity contribution in [1.82, 2.24) is 9.80 Å². The maximum atomic E-state index is 5.88. The Labute approximate surface area is 115 Å². The Hall–Kier alpha value is -1.10. The molecule has 1 unspecified atom stereocenters. The van der Waals surface area contributed by atoms with E-state index in [1.165, 1.54) is 11.1 Å². The van der Waals surface area contributed by atoms with Gasteiger partial charge in [-0.25, -0.2) is 0 Å². The molecule has 1 aromatic carbocycles. The van der Waals surface area contributed by atoms with Crippen LogP contribution in [0.5, 0.6) is 0 Å². The first kappa shape index (κ1) is 12.9. The van der Waals surface area contributed by atoms with Crippen LogP contribution in [0.4, 0.5) is 5.69 Å². The van der Waals surface area contributed by atoms with E-state index in [1.807, 2.05) is 6.07 Å². The van der Waals surface area contributed by atoms with Crippen molar-refractivity contribution in [3.8, 4) is 0 Å². The Balaban J connectivity index is 1.62. The van der Waals surface area contributed by atoms with Crippen LogP contribution in [0.1, 0.15) is 11.1 Å². The van der Waals surface area contributed by atoms with Crippen LogP contribution in [0.2, 0.25) is 0 Å². The van der Waals surface area contributed by atoms with Gasteiger partial charge in [-0.15, -0.1) is 0 Å². The molecule has 1 aromatic rings. The number of nitrogen functional groups attached to an aromatic ring is 1. The second-order valence-corrected chi connectivity index (χ2v) is 5.77. The lowest BCUT2D eigenvalue weighted by Gasteiger charge is -2.36. The van der Waals surface area contributed by atoms with Crippen molar-refractivity contribution >= 4 is 5.69 Å². The van der Waals surface area contributed by atoms with Gasteiger partial charge in [0, 0.05) is 38.4 Å². The minimum Gasteiger partial charge on any atom is -0.399 e. The van der Waals surface area contributed by atoms with Crippen LogP contribution in [-0.4, -0.2) is 55.7 Å². The summed E-state index contributed by atoms with van der Waals surface area (Å²) in [5.74, 6) is 0. The molecule has 1 saturated heterocycles. The predicted octanol–water partition coefficient (Wildman–Crippen LogP) is 0.957. The molecule has 2 aliphatic rings. The number of nitrogens with two attached hydrogens (primary N) is 1.